The maximum Gasteiger partial charge on any atom is 0.131 e. The van der Waals surface area contributed by atoms with Gasteiger partial charge in [0, 0.05) is 25.7 Å². The Hall–Kier alpha value is -0.580. The summed E-state index contributed by atoms with van der Waals surface area (Å²) >= 11 is 6.30. The van der Waals surface area contributed by atoms with E-state index in [1.54, 1.807) is 4.68 Å². The van der Waals surface area contributed by atoms with Gasteiger partial charge in [0.15, 0.2) is 0 Å². The van der Waals surface area contributed by atoms with E-state index in [9.17, 15) is 5.11 Å². The summed E-state index contributed by atoms with van der Waals surface area (Å²) in [6, 6.07) is 0. The Labute approximate surface area is 120 Å². The summed E-state index contributed by atoms with van der Waals surface area (Å²) in [4.78, 5) is 2.16. The van der Waals surface area contributed by atoms with E-state index in [4.69, 9.17) is 11.6 Å². The van der Waals surface area contributed by atoms with Crippen LogP contribution >= 0.6 is 11.6 Å². The first-order valence-corrected chi connectivity index (χ1v) is 7.44. The van der Waals surface area contributed by atoms with E-state index in [2.05, 4.69) is 16.9 Å². The summed E-state index contributed by atoms with van der Waals surface area (Å²) in [6.45, 7) is 3.55. The van der Waals surface area contributed by atoms with Gasteiger partial charge in [-0.25, -0.2) is 0 Å². The van der Waals surface area contributed by atoms with E-state index in [-0.39, 0.29) is 0 Å². The Morgan fingerprint density at radius 1 is 1.42 bits per heavy atom. The van der Waals surface area contributed by atoms with E-state index in [0.29, 0.717) is 11.7 Å². The molecule has 0 atom stereocenters. The lowest BCUT2D eigenvalue weighted by Crippen LogP contribution is -2.38. The van der Waals surface area contributed by atoms with Gasteiger partial charge in [-0.15, -0.1) is 0 Å². The number of likely N-dealkylation sites (N-methyl/N-ethyl adjacent to an activating group) is 1. The Bertz CT molecular complexity index is 438. The summed E-state index contributed by atoms with van der Waals surface area (Å²) in [5.41, 5.74) is 1.64. The second-order valence-electron chi connectivity index (χ2n) is 5.80. The van der Waals surface area contributed by atoms with Crippen molar-refractivity contribution in [3.8, 4) is 0 Å². The number of rotatable bonds is 5. The number of aryl methyl sites for hydroxylation is 2. The van der Waals surface area contributed by atoms with Crippen molar-refractivity contribution in [1.29, 1.82) is 0 Å². The molecule has 108 valence electrons. The molecule has 0 saturated heterocycles. The normalized spacial score (nSPS) is 18.4. The van der Waals surface area contributed by atoms with Crippen LogP contribution in [0.25, 0.3) is 0 Å². The molecule has 0 amide bonds. The van der Waals surface area contributed by atoms with Crippen LogP contribution in [0.1, 0.15) is 43.9 Å². The molecule has 1 heterocycles. The molecule has 1 aromatic heterocycles. The largest absolute Gasteiger partial charge is 0.389 e. The average molecular weight is 286 g/mol. The van der Waals surface area contributed by atoms with Crippen LogP contribution in [0, 0.1) is 0 Å². The van der Waals surface area contributed by atoms with E-state index >= 15 is 0 Å². The van der Waals surface area contributed by atoms with Crippen molar-refractivity contribution in [2.24, 2.45) is 7.05 Å². The van der Waals surface area contributed by atoms with Gasteiger partial charge in [0.2, 0.25) is 0 Å². The standard InChI is InChI=1S/C14H24ClN3O/c1-4-12-11(13(15)18(3)16-12)9-17(2)10-14(19)7-5-6-8-14/h19H,4-10H2,1-3H3. The number of hydrogen-bond donors (Lipinski definition) is 1. The molecule has 0 aliphatic heterocycles. The molecule has 1 aliphatic carbocycles. The summed E-state index contributed by atoms with van der Waals surface area (Å²) in [6.07, 6.45) is 4.99. The van der Waals surface area contributed by atoms with Crippen LogP contribution in [0.2, 0.25) is 5.15 Å². The highest BCUT2D eigenvalue weighted by molar-refractivity contribution is 6.30. The lowest BCUT2D eigenvalue weighted by molar-refractivity contribution is 0.0145. The van der Waals surface area contributed by atoms with E-state index in [1.807, 2.05) is 14.1 Å². The fraction of sp³-hybridized carbons (Fsp3) is 0.786. The molecule has 0 bridgehead atoms. The van der Waals surface area contributed by atoms with Crippen LogP contribution < -0.4 is 0 Å². The minimum Gasteiger partial charge on any atom is -0.389 e. The molecule has 0 radical (unpaired) electrons. The Kier molecular flexibility index (Phi) is 4.54. The zero-order chi connectivity index (χ0) is 14.0. The maximum atomic E-state index is 10.4. The number of aliphatic hydroxyl groups is 1. The van der Waals surface area contributed by atoms with Crippen LogP contribution in [0.15, 0.2) is 0 Å². The molecule has 4 nitrogen and oxygen atoms in total. The number of nitrogens with zero attached hydrogens (tertiary/aromatic N) is 3. The van der Waals surface area contributed by atoms with Crippen molar-refractivity contribution in [2.45, 2.75) is 51.2 Å². The Morgan fingerprint density at radius 3 is 2.63 bits per heavy atom. The predicted octanol–water partition coefficient (Wildman–Crippen LogP) is 2.37. The van der Waals surface area contributed by atoms with Gasteiger partial charge in [0.25, 0.3) is 0 Å². The molecular weight excluding hydrogens is 262 g/mol. The fourth-order valence-corrected chi connectivity index (χ4v) is 3.27. The first kappa shape index (κ1) is 14.8. The molecule has 19 heavy (non-hydrogen) atoms. The molecule has 1 saturated carbocycles. The number of aromatic nitrogens is 2. The monoisotopic (exact) mass is 285 g/mol. The second kappa shape index (κ2) is 5.81. The average Bonchev–Trinajstić information content (AvgIpc) is 2.88. The summed E-state index contributed by atoms with van der Waals surface area (Å²) in [5, 5.41) is 15.6. The molecule has 0 unspecified atom stereocenters. The molecule has 2 rings (SSSR count). The van der Waals surface area contributed by atoms with E-state index < -0.39 is 5.60 Å². The highest BCUT2D eigenvalue weighted by Crippen LogP contribution is 2.30. The zero-order valence-electron chi connectivity index (χ0n) is 12.1. The van der Waals surface area contributed by atoms with Crippen LogP contribution in [0.5, 0.6) is 0 Å². The first-order chi connectivity index (χ1) is 8.95. The third-order valence-electron chi connectivity index (χ3n) is 4.01. The molecular formula is C14H24ClN3O. The smallest absolute Gasteiger partial charge is 0.131 e. The van der Waals surface area contributed by atoms with Crippen LogP contribution in [-0.4, -0.2) is 39.0 Å². The topological polar surface area (TPSA) is 41.3 Å². The van der Waals surface area contributed by atoms with Crippen molar-refractivity contribution < 1.29 is 5.11 Å². The fourth-order valence-electron chi connectivity index (χ4n) is 3.06. The molecule has 0 aromatic carbocycles. The Morgan fingerprint density at radius 2 is 2.05 bits per heavy atom. The SMILES string of the molecule is CCc1nn(C)c(Cl)c1CN(C)CC1(O)CCCC1. The molecule has 1 fully saturated rings. The summed E-state index contributed by atoms with van der Waals surface area (Å²) < 4.78 is 1.73. The predicted molar refractivity (Wildman–Crippen MR) is 77.3 cm³/mol. The first-order valence-electron chi connectivity index (χ1n) is 7.06. The minimum absolute atomic E-state index is 0.504. The molecule has 0 spiro atoms. The van der Waals surface area contributed by atoms with Crippen LogP contribution in [-0.2, 0) is 20.0 Å². The molecule has 1 aliphatic rings. The third kappa shape index (κ3) is 3.30. The highest BCUT2D eigenvalue weighted by atomic mass is 35.5. The van der Waals surface area contributed by atoms with Gasteiger partial charge in [-0.05, 0) is 26.3 Å². The van der Waals surface area contributed by atoms with Crippen molar-refractivity contribution in [2.75, 3.05) is 13.6 Å². The molecule has 1 N–H and O–H groups in total. The van der Waals surface area contributed by atoms with E-state index in [0.717, 1.165) is 49.9 Å². The highest BCUT2D eigenvalue weighted by Gasteiger charge is 2.32. The van der Waals surface area contributed by atoms with Gasteiger partial charge < -0.3 is 5.11 Å². The summed E-state index contributed by atoms with van der Waals surface area (Å²) in [7, 11) is 3.91. The number of hydrogen-bond acceptors (Lipinski definition) is 3. The van der Waals surface area contributed by atoms with Gasteiger partial charge in [-0.2, -0.15) is 5.10 Å². The lowest BCUT2D eigenvalue weighted by atomic mass is 10.0. The van der Waals surface area contributed by atoms with Gasteiger partial charge in [0.05, 0.1) is 11.3 Å². The molecule has 5 heteroatoms. The van der Waals surface area contributed by atoms with Gasteiger partial charge in [-0.1, -0.05) is 31.4 Å². The van der Waals surface area contributed by atoms with Crippen molar-refractivity contribution in [1.82, 2.24) is 14.7 Å². The van der Waals surface area contributed by atoms with Gasteiger partial charge >= 0.3 is 0 Å². The van der Waals surface area contributed by atoms with Crippen molar-refractivity contribution in [3.63, 3.8) is 0 Å². The third-order valence-corrected chi connectivity index (χ3v) is 4.49. The van der Waals surface area contributed by atoms with E-state index in [1.165, 1.54) is 0 Å². The zero-order valence-corrected chi connectivity index (χ0v) is 12.9. The summed E-state index contributed by atoms with van der Waals surface area (Å²) in [5.74, 6) is 0. The van der Waals surface area contributed by atoms with Crippen LogP contribution in [0.4, 0.5) is 0 Å². The minimum atomic E-state index is -0.504. The quantitative estimate of drug-likeness (QED) is 0.903. The second-order valence-corrected chi connectivity index (χ2v) is 6.15. The van der Waals surface area contributed by atoms with Crippen LogP contribution in [0.3, 0.4) is 0 Å². The lowest BCUT2D eigenvalue weighted by Gasteiger charge is -2.28. The van der Waals surface area contributed by atoms with Crippen molar-refractivity contribution in [3.05, 3.63) is 16.4 Å². The molecule has 1 aromatic rings. The number of halogens is 1. The van der Waals surface area contributed by atoms with Gasteiger partial charge in [0.1, 0.15) is 5.15 Å². The Balaban J connectivity index is 2.04. The maximum absolute atomic E-state index is 10.4. The van der Waals surface area contributed by atoms with Gasteiger partial charge in [-0.3, -0.25) is 9.58 Å². The van der Waals surface area contributed by atoms with Crippen molar-refractivity contribution >= 4 is 11.6 Å².